The molecule has 19 heavy (non-hydrogen) atoms. The zero-order chi connectivity index (χ0) is 14.3. The summed E-state index contributed by atoms with van der Waals surface area (Å²) in [5.41, 5.74) is 0.769. The second-order valence-corrected chi connectivity index (χ2v) is 5.55. The first-order valence-electron chi connectivity index (χ1n) is 5.75. The number of ether oxygens (including phenoxy) is 2. The molecule has 0 heterocycles. The minimum atomic E-state index is -3.43. The first kappa shape index (κ1) is 15.5. The summed E-state index contributed by atoms with van der Waals surface area (Å²) in [6, 6.07) is 6.03. The highest BCUT2D eigenvalue weighted by Crippen LogP contribution is 2.12. The van der Waals surface area contributed by atoms with Gasteiger partial charge in [-0.1, -0.05) is 0 Å². The molecule has 0 saturated carbocycles. The smallest absolute Gasteiger partial charge is 0.338 e. The minimum Gasteiger partial charge on any atom is -0.462 e. The van der Waals surface area contributed by atoms with Crippen LogP contribution in [0, 0.1) is 0 Å². The van der Waals surface area contributed by atoms with Crippen molar-refractivity contribution in [3.63, 3.8) is 0 Å². The minimum absolute atomic E-state index is 0.121. The van der Waals surface area contributed by atoms with Crippen LogP contribution in [0.4, 0.5) is 5.69 Å². The number of sulfonamides is 1. The lowest BCUT2D eigenvalue weighted by Crippen LogP contribution is -2.19. The van der Waals surface area contributed by atoms with Crippen molar-refractivity contribution < 1.29 is 22.7 Å². The first-order valence-corrected chi connectivity index (χ1v) is 7.40. The Kier molecular flexibility index (Phi) is 5.78. The molecule has 0 aliphatic carbocycles. The predicted octanol–water partition coefficient (Wildman–Crippen LogP) is 1.25. The van der Waals surface area contributed by atoms with E-state index in [0.717, 1.165) is 0 Å². The van der Waals surface area contributed by atoms with Crippen LogP contribution in [0.2, 0.25) is 0 Å². The molecule has 0 bridgehead atoms. The molecule has 0 fully saturated rings. The number of carbonyl (C=O) groups excluding carboxylic acids is 1. The topological polar surface area (TPSA) is 81.7 Å². The summed E-state index contributed by atoms with van der Waals surface area (Å²) in [5, 5.41) is 0. The Morgan fingerprint density at radius 1 is 1.26 bits per heavy atom. The van der Waals surface area contributed by atoms with Gasteiger partial charge in [0, 0.05) is 12.8 Å². The number of rotatable bonds is 7. The van der Waals surface area contributed by atoms with E-state index in [4.69, 9.17) is 9.47 Å². The van der Waals surface area contributed by atoms with Gasteiger partial charge in [-0.05, 0) is 31.2 Å². The van der Waals surface area contributed by atoms with E-state index in [2.05, 4.69) is 4.72 Å². The van der Waals surface area contributed by atoms with E-state index >= 15 is 0 Å². The number of nitrogens with one attached hydrogen (secondary N) is 1. The number of methoxy groups -OCH3 is 1. The molecule has 0 aromatic heterocycles. The molecule has 0 atom stereocenters. The predicted molar refractivity (Wildman–Crippen MR) is 71.7 cm³/mol. The Hall–Kier alpha value is -1.60. The molecular formula is C12H17NO5S. The maximum atomic E-state index is 11.6. The van der Waals surface area contributed by atoms with Gasteiger partial charge in [0.05, 0.1) is 24.5 Å². The number of carbonyl (C=O) groups is 1. The van der Waals surface area contributed by atoms with E-state index in [1.165, 1.54) is 31.4 Å². The zero-order valence-electron chi connectivity index (χ0n) is 10.9. The molecule has 1 aromatic rings. The Labute approximate surface area is 112 Å². The summed E-state index contributed by atoms with van der Waals surface area (Å²) in [4.78, 5) is 11.4. The number of esters is 1. The molecule has 1 aromatic carbocycles. The number of benzene rings is 1. The third-order valence-corrected chi connectivity index (χ3v) is 3.48. The molecule has 0 amide bonds. The number of anilines is 1. The van der Waals surface area contributed by atoms with Crippen LogP contribution in [-0.2, 0) is 19.5 Å². The second-order valence-electron chi connectivity index (χ2n) is 3.71. The van der Waals surface area contributed by atoms with Crippen molar-refractivity contribution in [2.24, 2.45) is 0 Å². The average molecular weight is 287 g/mol. The maximum absolute atomic E-state index is 11.6. The van der Waals surface area contributed by atoms with Gasteiger partial charge in [0.1, 0.15) is 0 Å². The fourth-order valence-electron chi connectivity index (χ4n) is 1.31. The molecule has 0 aliphatic heterocycles. The molecule has 1 rings (SSSR count). The molecule has 6 nitrogen and oxygen atoms in total. The van der Waals surface area contributed by atoms with Gasteiger partial charge in [-0.3, -0.25) is 4.72 Å². The lowest BCUT2D eigenvalue weighted by molar-refractivity contribution is 0.0526. The summed E-state index contributed by atoms with van der Waals surface area (Å²) in [6.07, 6.45) is 0. The third kappa shape index (κ3) is 5.27. The Morgan fingerprint density at radius 2 is 1.89 bits per heavy atom. The summed E-state index contributed by atoms with van der Waals surface area (Å²) in [7, 11) is -2.00. The van der Waals surface area contributed by atoms with Crippen molar-refractivity contribution in [2.75, 3.05) is 30.8 Å². The van der Waals surface area contributed by atoms with Gasteiger partial charge in [0.25, 0.3) is 0 Å². The highest BCUT2D eigenvalue weighted by atomic mass is 32.2. The summed E-state index contributed by atoms with van der Waals surface area (Å²) in [6.45, 7) is 2.14. The molecule has 0 radical (unpaired) electrons. The summed E-state index contributed by atoms with van der Waals surface area (Å²) < 4.78 is 35.1. The Bertz CT molecular complexity index is 509. The van der Waals surface area contributed by atoms with Crippen LogP contribution in [0.5, 0.6) is 0 Å². The molecule has 0 unspecified atom stereocenters. The van der Waals surface area contributed by atoms with Crippen molar-refractivity contribution >= 4 is 21.7 Å². The number of hydrogen-bond donors (Lipinski definition) is 1. The van der Waals surface area contributed by atoms with Gasteiger partial charge < -0.3 is 9.47 Å². The van der Waals surface area contributed by atoms with Crippen molar-refractivity contribution in [1.29, 1.82) is 0 Å². The van der Waals surface area contributed by atoms with Crippen molar-refractivity contribution in [3.8, 4) is 0 Å². The molecule has 0 saturated heterocycles. The summed E-state index contributed by atoms with van der Waals surface area (Å²) >= 11 is 0. The molecule has 106 valence electrons. The maximum Gasteiger partial charge on any atom is 0.338 e. The third-order valence-electron chi connectivity index (χ3n) is 2.23. The molecule has 1 N–H and O–H groups in total. The quantitative estimate of drug-likeness (QED) is 0.763. The second kappa shape index (κ2) is 7.10. The van der Waals surface area contributed by atoms with E-state index in [1.807, 2.05) is 0 Å². The van der Waals surface area contributed by atoms with E-state index in [1.54, 1.807) is 6.92 Å². The normalized spacial score (nSPS) is 11.1. The van der Waals surface area contributed by atoms with Crippen LogP contribution in [-0.4, -0.2) is 40.5 Å². The van der Waals surface area contributed by atoms with Gasteiger partial charge in [0.2, 0.25) is 10.0 Å². The van der Waals surface area contributed by atoms with Crippen LogP contribution >= 0.6 is 0 Å². The van der Waals surface area contributed by atoms with Gasteiger partial charge in [-0.25, -0.2) is 13.2 Å². The van der Waals surface area contributed by atoms with Crippen LogP contribution in [0.1, 0.15) is 17.3 Å². The van der Waals surface area contributed by atoms with E-state index in [-0.39, 0.29) is 12.4 Å². The lowest BCUT2D eigenvalue weighted by Gasteiger charge is -2.08. The van der Waals surface area contributed by atoms with Gasteiger partial charge in [0.15, 0.2) is 0 Å². The van der Waals surface area contributed by atoms with Crippen molar-refractivity contribution in [1.82, 2.24) is 0 Å². The molecule has 7 heteroatoms. The van der Waals surface area contributed by atoms with Crippen LogP contribution in [0.25, 0.3) is 0 Å². The number of hydrogen-bond acceptors (Lipinski definition) is 5. The Morgan fingerprint density at radius 3 is 2.42 bits per heavy atom. The van der Waals surface area contributed by atoms with E-state index in [0.29, 0.717) is 17.9 Å². The fraction of sp³-hybridized carbons (Fsp3) is 0.417. The van der Waals surface area contributed by atoms with Gasteiger partial charge in [-0.2, -0.15) is 0 Å². The van der Waals surface area contributed by atoms with Crippen molar-refractivity contribution in [3.05, 3.63) is 29.8 Å². The fourth-order valence-corrected chi connectivity index (χ4v) is 2.30. The van der Waals surface area contributed by atoms with Crippen molar-refractivity contribution in [2.45, 2.75) is 6.92 Å². The van der Waals surface area contributed by atoms with Gasteiger partial charge >= 0.3 is 5.97 Å². The Balaban J connectivity index is 2.69. The first-order chi connectivity index (χ1) is 8.98. The highest BCUT2D eigenvalue weighted by molar-refractivity contribution is 7.92. The molecule has 0 spiro atoms. The van der Waals surface area contributed by atoms with Gasteiger partial charge in [-0.15, -0.1) is 0 Å². The molecular weight excluding hydrogens is 270 g/mol. The summed E-state index contributed by atoms with van der Waals surface area (Å²) in [5.74, 6) is -0.556. The lowest BCUT2D eigenvalue weighted by atomic mass is 10.2. The van der Waals surface area contributed by atoms with Crippen LogP contribution in [0.15, 0.2) is 24.3 Å². The van der Waals surface area contributed by atoms with E-state index < -0.39 is 16.0 Å². The monoisotopic (exact) mass is 287 g/mol. The zero-order valence-corrected chi connectivity index (χ0v) is 11.7. The molecule has 0 aliphatic rings. The standard InChI is InChI=1S/C12H17NO5S/c1-3-18-12(14)10-4-6-11(7-5-10)13-19(15,16)9-8-17-2/h4-7,13H,3,8-9H2,1-2H3. The highest BCUT2D eigenvalue weighted by Gasteiger charge is 2.11. The van der Waals surface area contributed by atoms with Crippen LogP contribution in [0.3, 0.4) is 0 Å². The average Bonchev–Trinajstić information content (AvgIpc) is 2.37. The van der Waals surface area contributed by atoms with Crippen LogP contribution < -0.4 is 4.72 Å². The van der Waals surface area contributed by atoms with E-state index in [9.17, 15) is 13.2 Å². The largest absolute Gasteiger partial charge is 0.462 e. The SMILES string of the molecule is CCOC(=O)c1ccc(NS(=O)(=O)CCOC)cc1.